The van der Waals surface area contributed by atoms with Gasteiger partial charge in [-0.2, -0.15) is 0 Å². The number of hydrogen-bond acceptors (Lipinski definition) is 6. The summed E-state index contributed by atoms with van der Waals surface area (Å²) in [4.78, 5) is 10.7. The second kappa shape index (κ2) is 16.7. The minimum absolute atomic E-state index is 0.149. The Labute approximate surface area is 96.8 Å². The molecular weight excluding hydrogens is 212 g/mol. The average molecular weight is 236 g/mol. The maximum atomic E-state index is 10.7. The zero-order valence-corrected chi connectivity index (χ0v) is 9.95. The molecule has 6 nitrogen and oxygen atoms in total. The highest BCUT2D eigenvalue weighted by Crippen LogP contribution is 1.76. The first-order valence-corrected chi connectivity index (χ1v) is 5.51. The molecule has 16 heavy (non-hydrogen) atoms. The molecule has 0 aliphatic heterocycles. The summed E-state index contributed by atoms with van der Waals surface area (Å²) in [6.07, 6.45) is 1.39. The number of carbonyl (C=O) groups excluding carboxylic acids is 1. The molecule has 0 heterocycles. The Morgan fingerprint density at radius 1 is 1.31 bits per heavy atom. The summed E-state index contributed by atoms with van der Waals surface area (Å²) >= 11 is 0. The van der Waals surface area contributed by atoms with Crippen molar-refractivity contribution in [2.24, 2.45) is 5.73 Å². The van der Waals surface area contributed by atoms with E-state index in [1.807, 2.05) is 0 Å². The summed E-state index contributed by atoms with van der Waals surface area (Å²) in [6, 6.07) is 0. The molecule has 0 fully saturated rings. The number of ether oxygens (including phenoxy) is 1. The van der Waals surface area contributed by atoms with Crippen LogP contribution in [0.3, 0.4) is 0 Å². The van der Waals surface area contributed by atoms with Crippen LogP contribution in [-0.2, 0) is 9.53 Å². The first kappa shape index (κ1) is 17.7. The molecule has 0 radical (unpaired) electrons. The summed E-state index contributed by atoms with van der Waals surface area (Å²) in [7, 11) is 0. The molecular formula is C10H24N2O4. The highest BCUT2D eigenvalue weighted by Gasteiger charge is 1.98. The quantitative estimate of drug-likeness (QED) is 0.313. The fraction of sp³-hybridized carbons (Fsp3) is 0.900. The van der Waals surface area contributed by atoms with Gasteiger partial charge in [-0.3, -0.25) is 4.79 Å². The van der Waals surface area contributed by atoms with Crippen LogP contribution in [0.4, 0.5) is 0 Å². The van der Waals surface area contributed by atoms with Crippen LogP contribution in [0.15, 0.2) is 0 Å². The van der Waals surface area contributed by atoms with Gasteiger partial charge in [0.2, 0.25) is 0 Å². The van der Waals surface area contributed by atoms with Gasteiger partial charge in [-0.1, -0.05) is 0 Å². The van der Waals surface area contributed by atoms with Gasteiger partial charge in [-0.15, -0.1) is 0 Å². The third-order valence-corrected chi connectivity index (χ3v) is 1.45. The molecule has 0 bridgehead atoms. The van der Waals surface area contributed by atoms with Crippen molar-refractivity contribution in [1.82, 2.24) is 5.32 Å². The predicted molar refractivity (Wildman–Crippen MR) is 62.0 cm³/mol. The molecule has 0 rings (SSSR count). The molecule has 0 spiro atoms. The van der Waals surface area contributed by atoms with Crippen molar-refractivity contribution >= 4 is 5.97 Å². The van der Waals surface area contributed by atoms with Crippen LogP contribution in [0.2, 0.25) is 0 Å². The number of hydrogen-bond donors (Lipinski definition) is 4. The fourth-order valence-electron chi connectivity index (χ4n) is 0.698. The van der Waals surface area contributed by atoms with Crippen LogP contribution >= 0.6 is 0 Å². The van der Waals surface area contributed by atoms with E-state index in [1.165, 1.54) is 0 Å². The Morgan fingerprint density at radius 3 is 2.31 bits per heavy atom. The molecule has 0 unspecified atom stereocenters. The summed E-state index contributed by atoms with van der Waals surface area (Å²) in [5.74, 6) is -0.245. The zero-order valence-electron chi connectivity index (χ0n) is 9.95. The molecule has 0 aromatic heterocycles. The number of aliphatic hydroxyl groups is 2. The lowest BCUT2D eigenvalue weighted by atomic mass is 10.4. The Morgan fingerprint density at radius 2 is 1.94 bits per heavy atom. The first-order valence-electron chi connectivity index (χ1n) is 5.51. The summed E-state index contributed by atoms with van der Waals surface area (Å²) in [5, 5.41) is 19.2. The lowest BCUT2D eigenvalue weighted by molar-refractivity contribution is -0.142. The monoisotopic (exact) mass is 236 g/mol. The number of nitrogens with one attached hydrogen (secondary N) is 1. The molecule has 98 valence electrons. The normalized spacial score (nSPS) is 9.25. The van der Waals surface area contributed by atoms with Gasteiger partial charge in [0.1, 0.15) is 0 Å². The summed E-state index contributed by atoms with van der Waals surface area (Å²) < 4.78 is 4.66. The van der Waals surface area contributed by atoms with Crippen LogP contribution in [0.5, 0.6) is 0 Å². The molecule has 5 N–H and O–H groups in total. The second-order valence-corrected chi connectivity index (χ2v) is 2.92. The van der Waals surface area contributed by atoms with Gasteiger partial charge in [-0.05, 0) is 32.9 Å². The molecule has 6 heteroatoms. The van der Waals surface area contributed by atoms with Crippen molar-refractivity contribution in [1.29, 1.82) is 0 Å². The number of esters is 1. The first-order chi connectivity index (χ1) is 7.72. The van der Waals surface area contributed by atoms with E-state index in [-0.39, 0.29) is 25.7 Å². The standard InChI is InChI=1S/C7H15NO3.C3H9NO/c1-2-11-7(10)6-8-4-3-5-9;4-2-1-3-5/h8-9H,2-6H2,1H3;5H,1-4H2. The van der Waals surface area contributed by atoms with Crippen LogP contribution < -0.4 is 11.1 Å². The SMILES string of the molecule is CCOC(=O)CNCCCO.NCCCO. The van der Waals surface area contributed by atoms with E-state index in [0.717, 1.165) is 6.42 Å². The molecule has 0 aromatic carbocycles. The highest BCUT2D eigenvalue weighted by atomic mass is 16.5. The number of carbonyl (C=O) groups is 1. The van der Waals surface area contributed by atoms with Crippen molar-refractivity contribution in [2.45, 2.75) is 19.8 Å². The van der Waals surface area contributed by atoms with Gasteiger partial charge < -0.3 is 26.0 Å². The predicted octanol–water partition coefficient (Wildman–Crippen LogP) is -1.15. The Kier molecular flexibility index (Phi) is 18.5. The van der Waals surface area contributed by atoms with Gasteiger partial charge >= 0.3 is 5.97 Å². The number of rotatable bonds is 8. The lowest BCUT2D eigenvalue weighted by Crippen LogP contribution is -2.25. The maximum absolute atomic E-state index is 10.7. The highest BCUT2D eigenvalue weighted by molar-refractivity contribution is 5.71. The van der Waals surface area contributed by atoms with E-state index in [2.05, 4.69) is 10.1 Å². The van der Waals surface area contributed by atoms with Crippen LogP contribution in [0.1, 0.15) is 19.8 Å². The Hall–Kier alpha value is -0.690. The van der Waals surface area contributed by atoms with Crippen LogP contribution in [-0.4, -0.2) is 55.6 Å². The second-order valence-electron chi connectivity index (χ2n) is 2.92. The summed E-state index contributed by atoms with van der Waals surface area (Å²) in [5.41, 5.74) is 4.98. The molecule has 0 saturated heterocycles. The summed E-state index contributed by atoms with van der Waals surface area (Å²) in [6.45, 7) is 4.03. The van der Waals surface area contributed by atoms with E-state index in [9.17, 15) is 4.79 Å². The van der Waals surface area contributed by atoms with E-state index >= 15 is 0 Å². The Balaban J connectivity index is 0. The lowest BCUT2D eigenvalue weighted by Gasteiger charge is -2.02. The smallest absolute Gasteiger partial charge is 0.319 e. The number of nitrogens with two attached hydrogens (primary N) is 1. The van der Waals surface area contributed by atoms with Crippen molar-refractivity contribution in [3.63, 3.8) is 0 Å². The number of aliphatic hydroxyl groups excluding tert-OH is 2. The third kappa shape index (κ3) is 19.0. The topological polar surface area (TPSA) is 105 Å². The maximum Gasteiger partial charge on any atom is 0.319 e. The minimum atomic E-state index is -0.245. The largest absolute Gasteiger partial charge is 0.465 e. The van der Waals surface area contributed by atoms with Crippen molar-refractivity contribution in [3.05, 3.63) is 0 Å². The molecule has 0 aliphatic carbocycles. The van der Waals surface area contributed by atoms with E-state index in [0.29, 0.717) is 26.1 Å². The van der Waals surface area contributed by atoms with Crippen molar-refractivity contribution in [3.8, 4) is 0 Å². The van der Waals surface area contributed by atoms with E-state index in [4.69, 9.17) is 15.9 Å². The molecule has 0 aromatic rings. The fourth-order valence-corrected chi connectivity index (χ4v) is 0.698. The van der Waals surface area contributed by atoms with Gasteiger partial charge in [-0.25, -0.2) is 0 Å². The van der Waals surface area contributed by atoms with Crippen LogP contribution in [0, 0.1) is 0 Å². The van der Waals surface area contributed by atoms with Crippen molar-refractivity contribution in [2.75, 3.05) is 39.5 Å². The van der Waals surface area contributed by atoms with Gasteiger partial charge in [0.25, 0.3) is 0 Å². The zero-order chi connectivity index (χ0) is 12.6. The minimum Gasteiger partial charge on any atom is -0.465 e. The van der Waals surface area contributed by atoms with Crippen molar-refractivity contribution < 1.29 is 19.7 Å². The molecule has 0 aliphatic rings. The Bertz CT molecular complexity index is 143. The molecule has 0 atom stereocenters. The molecule has 0 amide bonds. The van der Waals surface area contributed by atoms with Gasteiger partial charge in [0.05, 0.1) is 13.2 Å². The molecule has 0 saturated carbocycles. The third-order valence-electron chi connectivity index (χ3n) is 1.45. The van der Waals surface area contributed by atoms with Crippen LogP contribution in [0.25, 0.3) is 0 Å². The van der Waals surface area contributed by atoms with Gasteiger partial charge in [0, 0.05) is 13.2 Å². The van der Waals surface area contributed by atoms with E-state index < -0.39 is 0 Å². The van der Waals surface area contributed by atoms with E-state index in [1.54, 1.807) is 6.92 Å². The van der Waals surface area contributed by atoms with Gasteiger partial charge in [0.15, 0.2) is 0 Å². The average Bonchev–Trinajstić information content (AvgIpc) is 2.27.